The molecule has 0 amide bonds. The van der Waals surface area contributed by atoms with E-state index in [1.54, 1.807) is 55.5 Å². The van der Waals surface area contributed by atoms with E-state index in [9.17, 15) is 15.0 Å². The zero-order valence-electron chi connectivity index (χ0n) is 16.5. The molecule has 0 heterocycles. The highest BCUT2D eigenvalue weighted by Crippen LogP contribution is 2.12. The lowest BCUT2D eigenvalue weighted by molar-refractivity contribution is -0.136. The van der Waals surface area contributed by atoms with Crippen molar-refractivity contribution in [2.45, 2.75) is 64.1 Å². The van der Waals surface area contributed by atoms with Crippen LogP contribution in [0.1, 0.15) is 52.4 Å². The van der Waals surface area contributed by atoms with Gasteiger partial charge >= 0.3 is 5.97 Å². The topological polar surface area (TPSA) is 77.8 Å². The normalized spacial score (nSPS) is 16.6. The Bertz CT molecular complexity index is 563. The van der Waals surface area contributed by atoms with Crippen LogP contribution in [0.15, 0.2) is 72.9 Å². The standard InChI is InChI=1S/C23H34O4/c1-3-4-5-6-8-14-19-23(2,27)20-15-9-7-11-16-21(24)17-12-10-13-18-22(25)26/h4-5,7-12,14-16,20-21,24,27H,3,6,13,17-19H2,1-2H3,(H,25,26)/b5-4-,9-7+,12-10-,14-8-,16-11+,20-15-/t21-,23-/m0/s1. The van der Waals surface area contributed by atoms with Gasteiger partial charge in [-0.3, -0.25) is 4.79 Å². The fourth-order valence-electron chi connectivity index (χ4n) is 2.05. The predicted octanol–water partition coefficient (Wildman–Crippen LogP) is 4.88. The third-order valence-electron chi connectivity index (χ3n) is 3.56. The SMILES string of the molecule is CC/C=C\C/C=C\C[C@](C)(O)\C=C/C=C/C=C/[C@H](O)C/C=C\CCC(=O)O. The van der Waals surface area contributed by atoms with Gasteiger partial charge in [0.2, 0.25) is 0 Å². The Balaban J connectivity index is 4.11. The molecular weight excluding hydrogens is 340 g/mol. The number of aliphatic hydroxyl groups excluding tert-OH is 1. The molecule has 2 atom stereocenters. The molecular formula is C23H34O4. The van der Waals surface area contributed by atoms with Gasteiger partial charge in [0.05, 0.1) is 11.7 Å². The number of carboxylic acids is 1. The largest absolute Gasteiger partial charge is 0.481 e. The van der Waals surface area contributed by atoms with Gasteiger partial charge in [-0.1, -0.05) is 79.8 Å². The molecule has 0 aliphatic rings. The summed E-state index contributed by atoms with van der Waals surface area (Å²) in [4.78, 5) is 10.4. The molecule has 0 aromatic carbocycles. The highest BCUT2D eigenvalue weighted by Gasteiger charge is 2.12. The predicted molar refractivity (Wildman–Crippen MR) is 112 cm³/mol. The minimum absolute atomic E-state index is 0.104. The number of carbonyl (C=O) groups is 1. The van der Waals surface area contributed by atoms with Crippen LogP contribution < -0.4 is 0 Å². The second-order valence-electron chi connectivity index (χ2n) is 6.48. The molecule has 0 unspecified atom stereocenters. The summed E-state index contributed by atoms with van der Waals surface area (Å²) < 4.78 is 0. The summed E-state index contributed by atoms with van der Waals surface area (Å²) in [5.74, 6) is -0.822. The molecule has 0 rings (SSSR count). The van der Waals surface area contributed by atoms with Gasteiger partial charge in [-0.05, 0) is 39.0 Å². The van der Waals surface area contributed by atoms with Crippen molar-refractivity contribution >= 4 is 5.97 Å². The second kappa shape index (κ2) is 16.0. The molecule has 0 aromatic rings. The van der Waals surface area contributed by atoms with Crippen LogP contribution >= 0.6 is 0 Å². The fraction of sp³-hybridized carbons (Fsp3) is 0.435. The Hall–Kier alpha value is -2.17. The van der Waals surface area contributed by atoms with Crippen molar-refractivity contribution in [3.8, 4) is 0 Å². The van der Waals surface area contributed by atoms with Crippen molar-refractivity contribution < 1.29 is 20.1 Å². The minimum Gasteiger partial charge on any atom is -0.481 e. The molecule has 3 N–H and O–H groups in total. The molecule has 0 aromatic heterocycles. The summed E-state index contributed by atoms with van der Waals surface area (Å²) in [5, 5.41) is 28.5. The third kappa shape index (κ3) is 18.4. The molecule has 4 nitrogen and oxygen atoms in total. The van der Waals surface area contributed by atoms with Crippen molar-refractivity contribution in [2.24, 2.45) is 0 Å². The lowest BCUT2D eigenvalue weighted by atomic mass is 10.0. The summed E-state index contributed by atoms with van der Waals surface area (Å²) in [6.45, 7) is 3.86. The first-order chi connectivity index (χ1) is 12.9. The molecule has 0 spiro atoms. The van der Waals surface area contributed by atoms with Crippen molar-refractivity contribution in [1.29, 1.82) is 0 Å². The van der Waals surface area contributed by atoms with Crippen LogP contribution in [0.3, 0.4) is 0 Å². The summed E-state index contributed by atoms with van der Waals surface area (Å²) >= 11 is 0. The number of carboxylic acid groups (broad SMARTS) is 1. The number of aliphatic hydroxyl groups is 2. The molecule has 4 heteroatoms. The van der Waals surface area contributed by atoms with Crippen LogP contribution in [-0.4, -0.2) is 33.0 Å². The van der Waals surface area contributed by atoms with E-state index in [1.807, 2.05) is 12.2 Å². The second-order valence-corrected chi connectivity index (χ2v) is 6.48. The van der Waals surface area contributed by atoms with E-state index >= 15 is 0 Å². The maximum absolute atomic E-state index is 10.4. The number of allylic oxidation sites excluding steroid dienone is 8. The fourth-order valence-corrected chi connectivity index (χ4v) is 2.05. The molecule has 0 saturated heterocycles. The van der Waals surface area contributed by atoms with Crippen LogP contribution in [-0.2, 0) is 4.79 Å². The van der Waals surface area contributed by atoms with Gasteiger partial charge in [-0.25, -0.2) is 0 Å². The Labute approximate surface area is 163 Å². The lowest BCUT2D eigenvalue weighted by Gasteiger charge is -2.15. The van der Waals surface area contributed by atoms with Gasteiger partial charge in [0, 0.05) is 6.42 Å². The van der Waals surface area contributed by atoms with Crippen molar-refractivity contribution in [3.63, 3.8) is 0 Å². The zero-order valence-corrected chi connectivity index (χ0v) is 16.5. The van der Waals surface area contributed by atoms with Crippen LogP contribution in [0.25, 0.3) is 0 Å². The first-order valence-electron chi connectivity index (χ1n) is 9.47. The van der Waals surface area contributed by atoms with E-state index < -0.39 is 17.7 Å². The van der Waals surface area contributed by atoms with Crippen molar-refractivity contribution in [2.75, 3.05) is 0 Å². The molecule has 150 valence electrons. The van der Waals surface area contributed by atoms with E-state index in [-0.39, 0.29) is 6.42 Å². The first-order valence-corrected chi connectivity index (χ1v) is 9.47. The Morgan fingerprint density at radius 1 is 1.00 bits per heavy atom. The average molecular weight is 375 g/mol. The number of rotatable bonds is 14. The maximum Gasteiger partial charge on any atom is 0.303 e. The summed E-state index contributed by atoms with van der Waals surface area (Å²) in [6.07, 6.45) is 25.2. The average Bonchev–Trinajstić information content (AvgIpc) is 2.60. The smallest absolute Gasteiger partial charge is 0.303 e. The van der Waals surface area contributed by atoms with E-state index in [2.05, 4.69) is 19.1 Å². The van der Waals surface area contributed by atoms with Crippen molar-refractivity contribution in [1.82, 2.24) is 0 Å². The molecule has 0 saturated carbocycles. The summed E-state index contributed by atoms with van der Waals surface area (Å²) in [6, 6.07) is 0. The number of hydrogen-bond donors (Lipinski definition) is 3. The Kier molecular flexibility index (Phi) is 14.7. The van der Waals surface area contributed by atoms with E-state index in [1.165, 1.54) is 0 Å². The minimum atomic E-state index is -0.890. The summed E-state index contributed by atoms with van der Waals surface area (Å²) in [7, 11) is 0. The van der Waals surface area contributed by atoms with Gasteiger partial charge in [0.25, 0.3) is 0 Å². The van der Waals surface area contributed by atoms with Crippen LogP contribution in [0, 0.1) is 0 Å². The monoisotopic (exact) mass is 374 g/mol. The first kappa shape index (κ1) is 24.8. The van der Waals surface area contributed by atoms with Gasteiger partial charge in [-0.2, -0.15) is 0 Å². The van der Waals surface area contributed by atoms with E-state index in [4.69, 9.17) is 5.11 Å². The van der Waals surface area contributed by atoms with Crippen LogP contribution in [0.4, 0.5) is 0 Å². The van der Waals surface area contributed by atoms with Gasteiger partial charge in [-0.15, -0.1) is 0 Å². The zero-order chi connectivity index (χ0) is 20.4. The third-order valence-corrected chi connectivity index (χ3v) is 3.56. The molecule has 0 aliphatic carbocycles. The maximum atomic E-state index is 10.4. The number of hydrogen-bond acceptors (Lipinski definition) is 3. The summed E-state index contributed by atoms with van der Waals surface area (Å²) in [5.41, 5.74) is -0.890. The molecule has 27 heavy (non-hydrogen) atoms. The molecule has 0 radical (unpaired) electrons. The van der Waals surface area contributed by atoms with E-state index in [0.717, 1.165) is 12.8 Å². The van der Waals surface area contributed by atoms with Gasteiger partial charge < -0.3 is 15.3 Å². The van der Waals surface area contributed by atoms with Crippen LogP contribution in [0.2, 0.25) is 0 Å². The lowest BCUT2D eigenvalue weighted by Crippen LogP contribution is -2.18. The highest BCUT2D eigenvalue weighted by molar-refractivity contribution is 5.66. The van der Waals surface area contributed by atoms with E-state index in [0.29, 0.717) is 19.3 Å². The van der Waals surface area contributed by atoms with Gasteiger partial charge in [0.1, 0.15) is 0 Å². The molecule has 0 aliphatic heterocycles. The van der Waals surface area contributed by atoms with Crippen LogP contribution in [0.5, 0.6) is 0 Å². The van der Waals surface area contributed by atoms with Gasteiger partial charge in [0.15, 0.2) is 0 Å². The quantitative estimate of drug-likeness (QED) is 0.299. The Morgan fingerprint density at radius 3 is 2.41 bits per heavy atom. The highest BCUT2D eigenvalue weighted by atomic mass is 16.4. The Morgan fingerprint density at radius 2 is 1.70 bits per heavy atom. The molecule has 0 bridgehead atoms. The molecule has 0 fully saturated rings. The van der Waals surface area contributed by atoms with Crippen molar-refractivity contribution in [3.05, 3.63) is 72.9 Å². The number of aliphatic carboxylic acids is 1.